The minimum absolute atomic E-state index is 0.0552. The van der Waals surface area contributed by atoms with Gasteiger partial charge in [0, 0.05) is 30.8 Å². The number of furan rings is 1. The zero-order valence-corrected chi connectivity index (χ0v) is 13.5. The lowest BCUT2D eigenvalue weighted by Gasteiger charge is -2.21. The molecule has 0 bridgehead atoms. The maximum atomic E-state index is 5.96. The summed E-state index contributed by atoms with van der Waals surface area (Å²) in [6.07, 6.45) is 0.881. The Hall–Kier alpha value is -2.14. The second kappa shape index (κ2) is 5.93. The van der Waals surface area contributed by atoms with Crippen LogP contribution in [0.1, 0.15) is 43.0 Å². The van der Waals surface area contributed by atoms with E-state index >= 15 is 0 Å². The van der Waals surface area contributed by atoms with Crippen LogP contribution in [0.4, 0.5) is 0 Å². The van der Waals surface area contributed by atoms with Gasteiger partial charge in [-0.25, -0.2) is 0 Å². The van der Waals surface area contributed by atoms with Gasteiger partial charge in [0.15, 0.2) is 0 Å². The molecule has 5 heteroatoms. The molecular formula is C17H21N3O2. The SMILES string of the molecule is CCc1oc2ccccc2c1CN(C)C(C)c1nnc(C)o1. The number of rotatable bonds is 5. The Bertz CT molecular complexity index is 775. The number of para-hydroxylation sites is 1. The molecule has 1 aromatic carbocycles. The molecule has 0 radical (unpaired) electrons. The van der Waals surface area contributed by atoms with E-state index in [0.717, 1.165) is 24.3 Å². The first-order chi connectivity index (χ1) is 10.6. The number of hydrogen-bond acceptors (Lipinski definition) is 5. The monoisotopic (exact) mass is 299 g/mol. The van der Waals surface area contributed by atoms with E-state index in [1.165, 1.54) is 10.9 Å². The number of fused-ring (bicyclic) bond motifs is 1. The first kappa shape index (κ1) is 14.8. The van der Waals surface area contributed by atoms with Gasteiger partial charge in [0.25, 0.3) is 0 Å². The van der Waals surface area contributed by atoms with Crippen LogP contribution in [0, 0.1) is 6.92 Å². The normalized spacial score (nSPS) is 13.1. The van der Waals surface area contributed by atoms with Crippen LogP contribution in [0.15, 0.2) is 33.1 Å². The number of nitrogens with zero attached hydrogens (tertiary/aromatic N) is 3. The predicted octanol–water partition coefficient (Wildman–Crippen LogP) is 3.88. The molecule has 2 aromatic heterocycles. The van der Waals surface area contributed by atoms with Crippen LogP contribution in [0.5, 0.6) is 0 Å². The van der Waals surface area contributed by atoms with Crippen molar-refractivity contribution in [2.75, 3.05) is 7.05 Å². The van der Waals surface area contributed by atoms with Crippen molar-refractivity contribution in [1.29, 1.82) is 0 Å². The average molecular weight is 299 g/mol. The van der Waals surface area contributed by atoms with Crippen LogP contribution in [0.2, 0.25) is 0 Å². The average Bonchev–Trinajstić information content (AvgIpc) is 3.10. The van der Waals surface area contributed by atoms with Crippen LogP contribution in [-0.2, 0) is 13.0 Å². The van der Waals surface area contributed by atoms with Gasteiger partial charge < -0.3 is 8.83 Å². The van der Waals surface area contributed by atoms with Crippen molar-refractivity contribution in [1.82, 2.24) is 15.1 Å². The molecule has 1 atom stereocenters. The minimum atomic E-state index is 0.0552. The van der Waals surface area contributed by atoms with Gasteiger partial charge in [0.05, 0.1) is 6.04 Å². The van der Waals surface area contributed by atoms with Crippen molar-refractivity contribution in [2.24, 2.45) is 0 Å². The summed E-state index contributed by atoms with van der Waals surface area (Å²) >= 11 is 0. The molecule has 5 nitrogen and oxygen atoms in total. The molecule has 0 amide bonds. The summed E-state index contributed by atoms with van der Waals surface area (Å²) in [6, 6.07) is 8.24. The molecule has 0 N–H and O–H groups in total. The smallest absolute Gasteiger partial charge is 0.233 e. The highest BCUT2D eigenvalue weighted by Crippen LogP contribution is 2.29. The van der Waals surface area contributed by atoms with E-state index < -0.39 is 0 Å². The largest absolute Gasteiger partial charge is 0.461 e. The standard InChI is InChI=1S/C17H21N3O2/c1-5-15-14(13-8-6-7-9-16(13)22-15)10-20(4)11(2)17-19-18-12(3)21-17/h6-9,11H,5,10H2,1-4H3. The minimum Gasteiger partial charge on any atom is -0.461 e. The van der Waals surface area contributed by atoms with E-state index in [2.05, 4.69) is 42.1 Å². The van der Waals surface area contributed by atoms with Crippen LogP contribution in [0.25, 0.3) is 11.0 Å². The number of aryl methyl sites for hydroxylation is 2. The summed E-state index contributed by atoms with van der Waals surface area (Å²) in [5.74, 6) is 2.28. The summed E-state index contributed by atoms with van der Waals surface area (Å²) in [7, 11) is 2.06. The molecule has 1 unspecified atom stereocenters. The second-order valence-electron chi connectivity index (χ2n) is 5.60. The molecule has 22 heavy (non-hydrogen) atoms. The maximum Gasteiger partial charge on any atom is 0.233 e. The lowest BCUT2D eigenvalue weighted by molar-refractivity contribution is 0.214. The van der Waals surface area contributed by atoms with Gasteiger partial charge in [-0.3, -0.25) is 4.90 Å². The molecule has 2 heterocycles. The summed E-state index contributed by atoms with van der Waals surface area (Å²) in [6.45, 7) is 6.78. The summed E-state index contributed by atoms with van der Waals surface area (Å²) in [5.41, 5.74) is 2.19. The van der Waals surface area contributed by atoms with E-state index in [9.17, 15) is 0 Å². The third kappa shape index (κ3) is 2.64. The Labute approximate surface area is 129 Å². The number of hydrogen-bond donors (Lipinski definition) is 0. The lowest BCUT2D eigenvalue weighted by Crippen LogP contribution is -2.22. The number of benzene rings is 1. The number of aromatic nitrogens is 2. The van der Waals surface area contributed by atoms with Gasteiger partial charge in [0.1, 0.15) is 11.3 Å². The van der Waals surface area contributed by atoms with Crippen molar-refractivity contribution in [2.45, 2.75) is 39.8 Å². The quantitative estimate of drug-likeness (QED) is 0.715. The van der Waals surface area contributed by atoms with Crippen molar-refractivity contribution in [3.8, 4) is 0 Å². The first-order valence-electron chi connectivity index (χ1n) is 7.59. The summed E-state index contributed by atoms with van der Waals surface area (Å²) < 4.78 is 11.5. The van der Waals surface area contributed by atoms with Crippen molar-refractivity contribution in [3.05, 3.63) is 47.4 Å². The van der Waals surface area contributed by atoms with E-state index in [1.54, 1.807) is 0 Å². The molecule has 0 saturated carbocycles. The molecule has 3 rings (SSSR count). The molecule has 0 aliphatic carbocycles. The first-order valence-corrected chi connectivity index (χ1v) is 7.59. The molecule has 0 saturated heterocycles. The molecule has 0 spiro atoms. The van der Waals surface area contributed by atoms with Gasteiger partial charge >= 0.3 is 0 Å². The van der Waals surface area contributed by atoms with Crippen LogP contribution in [0.3, 0.4) is 0 Å². The third-order valence-electron chi connectivity index (χ3n) is 4.07. The Morgan fingerprint density at radius 2 is 1.95 bits per heavy atom. The highest BCUT2D eigenvalue weighted by molar-refractivity contribution is 5.82. The topological polar surface area (TPSA) is 55.3 Å². The predicted molar refractivity (Wildman–Crippen MR) is 84.5 cm³/mol. The highest BCUT2D eigenvalue weighted by atomic mass is 16.4. The Kier molecular flexibility index (Phi) is 3.98. The van der Waals surface area contributed by atoms with Gasteiger partial charge in [-0.2, -0.15) is 0 Å². The van der Waals surface area contributed by atoms with E-state index in [4.69, 9.17) is 8.83 Å². The lowest BCUT2D eigenvalue weighted by atomic mass is 10.1. The fourth-order valence-electron chi connectivity index (χ4n) is 2.66. The Balaban J connectivity index is 1.88. The van der Waals surface area contributed by atoms with Crippen LogP contribution in [-0.4, -0.2) is 22.1 Å². The van der Waals surface area contributed by atoms with Gasteiger partial charge in [0.2, 0.25) is 11.8 Å². The van der Waals surface area contributed by atoms with E-state index in [0.29, 0.717) is 11.8 Å². The fourth-order valence-corrected chi connectivity index (χ4v) is 2.66. The van der Waals surface area contributed by atoms with Gasteiger partial charge in [-0.15, -0.1) is 10.2 Å². The van der Waals surface area contributed by atoms with Crippen molar-refractivity contribution < 1.29 is 8.83 Å². The van der Waals surface area contributed by atoms with Crippen LogP contribution < -0.4 is 0 Å². The third-order valence-corrected chi connectivity index (χ3v) is 4.07. The fraction of sp³-hybridized carbons (Fsp3) is 0.412. The van der Waals surface area contributed by atoms with Gasteiger partial charge in [-0.05, 0) is 20.0 Å². The zero-order chi connectivity index (χ0) is 15.7. The van der Waals surface area contributed by atoms with Crippen molar-refractivity contribution >= 4 is 11.0 Å². The van der Waals surface area contributed by atoms with Crippen molar-refractivity contribution in [3.63, 3.8) is 0 Å². The van der Waals surface area contributed by atoms with Gasteiger partial charge in [-0.1, -0.05) is 25.1 Å². The maximum absolute atomic E-state index is 5.96. The zero-order valence-electron chi connectivity index (χ0n) is 13.5. The Morgan fingerprint density at radius 3 is 2.64 bits per heavy atom. The molecule has 116 valence electrons. The highest BCUT2D eigenvalue weighted by Gasteiger charge is 2.21. The second-order valence-corrected chi connectivity index (χ2v) is 5.60. The molecular weight excluding hydrogens is 278 g/mol. The molecule has 0 fully saturated rings. The van der Waals surface area contributed by atoms with E-state index in [-0.39, 0.29) is 6.04 Å². The Morgan fingerprint density at radius 1 is 1.18 bits per heavy atom. The van der Waals surface area contributed by atoms with E-state index in [1.807, 2.05) is 25.1 Å². The molecule has 3 aromatic rings. The van der Waals surface area contributed by atoms with Crippen LogP contribution >= 0.6 is 0 Å². The summed E-state index contributed by atoms with van der Waals surface area (Å²) in [5, 5.41) is 9.21. The molecule has 0 aliphatic heterocycles. The summed E-state index contributed by atoms with van der Waals surface area (Å²) in [4.78, 5) is 2.20. The molecule has 0 aliphatic rings.